The second kappa shape index (κ2) is 5.06. The topological polar surface area (TPSA) is 32.3 Å². The number of hydrogen-bond acceptors (Lipinski definition) is 2. The summed E-state index contributed by atoms with van der Waals surface area (Å²) in [5.41, 5.74) is 2.03. The van der Waals surface area contributed by atoms with Crippen molar-refractivity contribution in [3.05, 3.63) is 63.1 Å². The molecule has 0 bridgehead atoms. The molecule has 2 unspecified atom stereocenters. The minimum atomic E-state index is -1.03. The fourth-order valence-electron chi connectivity index (χ4n) is 2.72. The molecule has 20 heavy (non-hydrogen) atoms. The summed E-state index contributed by atoms with van der Waals surface area (Å²) in [5.74, 6) is 0. The number of para-hydroxylation sites is 1. The summed E-state index contributed by atoms with van der Waals surface area (Å²) in [5, 5.41) is 14.9. The fraction of sp³-hybridized carbons (Fsp3) is 0.250. The molecule has 4 heteroatoms. The normalized spacial score (nSPS) is 20.1. The number of rotatable bonds is 2. The molecule has 2 aromatic carbocycles. The van der Waals surface area contributed by atoms with Gasteiger partial charge in [0.1, 0.15) is 5.60 Å². The Morgan fingerprint density at radius 1 is 1.30 bits per heavy atom. The van der Waals surface area contributed by atoms with Crippen LogP contribution in [0.3, 0.4) is 0 Å². The van der Waals surface area contributed by atoms with E-state index < -0.39 is 5.60 Å². The number of nitrogens with one attached hydrogen (secondary N) is 1. The summed E-state index contributed by atoms with van der Waals surface area (Å²) in [6.07, 6.45) is 0.787. The van der Waals surface area contributed by atoms with E-state index in [4.69, 9.17) is 11.6 Å². The monoisotopic (exact) mass is 351 g/mol. The van der Waals surface area contributed by atoms with Crippen molar-refractivity contribution < 1.29 is 5.11 Å². The molecular formula is C16H15BrClNO. The predicted octanol–water partition coefficient (Wildman–Crippen LogP) is 4.35. The van der Waals surface area contributed by atoms with Gasteiger partial charge in [-0.25, -0.2) is 0 Å². The molecule has 2 atom stereocenters. The summed E-state index contributed by atoms with van der Waals surface area (Å²) in [4.78, 5) is 0. The molecule has 3 rings (SSSR count). The minimum Gasteiger partial charge on any atom is -0.383 e. The van der Waals surface area contributed by atoms with Gasteiger partial charge in [-0.1, -0.05) is 51.8 Å². The van der Waals surface area contributed by atoms with Crippen molar-refractivity contribution in [1.82, 2.24) is 0 Å². The van der Waals surface area contributed by atoms with Gasteiger partial charge >= 0.3 is 0 Å². The van der Waals surface area contributed by atoms with Crippen molar-refractivity contribution in [3.63, 3.8) is 0 Å². The van der Waals surface area contributed by atoms with Gasteiger partial charge in [0.15, 0.2) is 0 Å². The van der Waals surface area contributed by atoms with E-state index in [1.165, 1.54) is 5.56 Å². The Balaban J connectivity index is 1.94. The average molecular weight is 353 g/mol. The quantitative estimate of drug-likeness (QED) is 0.842. The molecule has 1 aliphatic rings. The first-order chi connectivity index (χ1) is 9.48. The number of hydrogen-bond donors (Lipinski definition) is 2. The molecule has 104 valence electrons. The Bertz CT molecular complexity index is 632. The molecular weight excluding hydrogens is 338 g/mol. The van der Waals surface area contributed by atoms with E-state index >= 15 is 0 Å². The minimum absolute atomic E-state index is 0.0847. The lowest BCUT2D eigenvalue weighted by Crippen LogP contribution is -2.41. The highest BCUT2D eigenvalue weighted by molar-refractivity contribution is 9.10. The zero-order chi connectivity index (χ0) is 14.3. The van der Waals surface area contributed by atoms with Crippen LogP contribution in [0.1, 0.15) is 18.1 Å². The van der Waals surface area contributed by atoms with Crippen molar-refractivity contribution in [1.29, 1.82) is 0 Å². The van der Waals surface area contributed by atoms with E-state index in [2.05, 4.69) is 27.3 Å². The fourth-order valence-corrected chi connectivity index (χ4v) is 3.59. The van der Waals surface area contributed by atoms with Gasteiger partial charge in [0, 0.05) is 20.7 Å². The van der Waals surface area contributed by atoms with Crippen LogP contribution >= 0.6 is 27.5 Å². The molecule has 0 saturated carbocycles. The number of fused-ring (bicyclic) bond motifs is 1. The molecule has 0 saturated heterocycles. The van der Waals surface area contributed by atoms with Gasteiger partial charge in [-0.15, -0.1) is 0 Å². The molecule has 2 nitrogen and oxygen atoms in total. The number of halogens is 2. The number of benzene rings is 2. The molecule has 0 amide bonds. The van der Waals surface area contributed by atoms with Crippen LogP contribution < -0.4 is 5.32 Å². The molecule has 0 radical (unpaired) electrons. The maximum atomic E-state index is 11.0. The maximum Gasteiger partial charge on any atom is 0.109 e. The van der Waals surface area contributed by atoms with Crippen LogP contribution in [0.2, 0.25) is 5.02 Å². The SMILES string of the molecule is CC(O)(c1ccc(Br)cc1Cl)C1Cc2ccccc2N1. The van der Waals surface area contributed by atoms with Gasteiger partial charge in [0.2, 0.25) is 0 Å². The third kappa shape index (κ3) is 2.34. The summed E-state index contributed by atoms with van der Waals surface area (Å²) in [6.45, 7) is 1.81. The molecule has 2 N–H and O–H groups in total. The lowest BCUT2D eigenvalue weighted by Gasteiger charge is -2.32. The van der Waals surface area contributed by atoms with Crippen LogP contribution in [0.4, 0.5) is 5.69 Å². The second-order valence-corrected chi connectivity index (χ2v) is 6.65. The Labute approximate surface area is 131 Å². The Morgan fingerprint density at radius 3 is 2.75 bits per heavy atom. The van der Waals surface area contributed by atoms with E-state index in [1.54, 1.807) is 0 Å². The zero-order valence-corrected chi connectivity index (χ0v) is 13.4. The molecule has 0 fully saturated rings. The molecule has 0 spiro atoms. The molecule has 0 aromatic heterocycles. The summed E-state index contributed by atoms with van der Waals surface area (Å²) in [7, 11) is 0. The van der Waals surface area contributed by atoms with Crippen molar-refractivity contribution in [3.8, 4) is 0 Å². The summed E-state index contributed by atoms with van der Waals surface area (Å²) >= 11 is 9.67. The van der Waals surface area contributed by atoms with Crippen molar-refractivity contribution in [2.45, 2.75) is 25.0 Å². The van der Waals surface area contributed by atoms with Crippen LogP contribution in [-0.4, -0.2) is 11.1 Å². The first kappa shape index (κ1) is 13.9. The first-order valence-corrected chi connectivity index (χ1v) is 7.68. The van der Waals surface area contributed by atoms with Gasteiger partial charge in [-0.3, -0.25) is 0 Å². The summed E-state index contributed by atoms with van der Waals surface area (Å²) in [6, 6.07) is 13.6. The maximum absolute atomic E-state index is 11.0. The molecule has 0 aliphatic carbocycles. The average Bonchev–Trinajstić information content (AvgIpc) is 2.82. The smallest absolute Gasteiger partial charge is 0.109 e. The predicted molar refractivity (Wildman–Crippen MR) is 86.3 cm³/mol. The Morgan fingerprint density at radius 2 is 2.05 bits per heavy atom. The number of anilines is 1. The van der Waals surface area contributed by atoms with Gasteiger partial charge < -0.3 is 10.4 Å². The van der Waals surface area contributed by atoms with Crippen LogP contribution in [0.5, 0.6) is 0 Å². The van der Waals surface area contributed by atoms with Crippen molar-refractivity contribution >= 4 is 33.2 Å². The third-order valence-corrected chi connectivity index (χ3v) is 4.73. The Hall–Kier alpha value is -1.03. The van der Waals surface area contributed by atoms with Gasteiger partial charge in [0.25, 0.3) is 0 Å². The highest BCUT2D eigenvalue weighted by Crippen LogP contribution is 2.38. The molecule has 2 aromatic rings. The van der Waals surface area contributed by atoms with Gasteiger partial charge in [0.05, 0.1) is 6.04 Å². The highest BCUT2D eigenvalue weighted by atomic mass is 79.9. The van der Waals surface area contributed by atoms with E-state index in [0.717, 1.165) is 22.1 Å². The van der Waals surface area contributed by atoms with Crippen molar-refractivity contribution in [2.75, 3.05) is 5.32 Å². The van der Waals surface area contributed by atoms with Crippen LogP contribution in [0.15, 0.2) is 46.9 Å². The van der Waals surface area contributed by atoms with E-state index in [0.29, 0.717) is 5.02 Å². The van der Waals surface area contributed by atoms with Crippen LogP contribution in [0, 0.1) is 0 Å². The molecule has 1 heterocycles. The zero-order valence-electron chi connectivity index (χ0n) is 11.0. The largest absolute Gasteiger partial charge is 0.383 e. The first-order valence-electron chi connectivity index (χ1n) is 6.51. The van der Waals surface area contributed by atoms with Crippen molar-refractivity contribution in [2.24, 2.45) is 0 Å². The van der Waals surface area contributed by atoms with E-state index in [9.17, 15) is 5.11 Å². The van der Waals surface area contributed by atoms with Crippen LogP contribution in [-0.2, 0) is 12.0 Å². The second-order valence-electron chi connectivity index (χ2n) is 5.33. The van der Waals surface area contributed by atoms with Gasteiger partial charge in [-0.05, 0) is 37.1 Å². The lowest BCUT2D eigenvalue weighted by atomic mass is 9.86. The lowest BCUT2D eigenvalue weighted by molar-refractivity contribution is 0.0382. The standard InChI is InChI=1S/C16H15BrClNO/c1-16(20,12-7-6-11(17)9-13(12)18)15-8-10-4-2-3-5-14(10)19-15/h2-7,9,15,19-20H,8H2,1H3. The Kier molecular flexibility index (Phi) is 3.53. The van der Waals surface area contributed by atoms with Crippen LogP contribution in [0.25, 0.3) is 0 Å². The van der Waals surface area contributed by atoms with Gasteiger partial charge in [-0.2, -0.15) is 0 Å². The summed E-state index contributed by atoms with van der Waals surface area (Å²) < 4.78 is 0.907. The third-order valence-electron chi connectivity index (χ3n) is 3.93. The molecule has 1 aliphatic heterocycles. The highest BCUT2D eigenvalue weighted by Gasteiger charge is 2.38. The van der Waals surface area contributed by atoms with E-state index in [1.807, 2.05) is 43.3 Å². The number of aliphatic hydroxyl groups is 1. The van der Waals surface area contributed by atoms with E-state index in [-0.39, 0.29) is 6.04 Å².